The molecule has 2 amide bonds. The van der Waals surface area contributed by atoms with Gasteiger partial charge in [0.25, 0.3) is 5.91 Å². The van der Waals surface area contributed by atoms with Crippen molar-refractivity contribution in [2.45, 2.75) is 12.5 Å². The van der Waals surface area contributed by atoms with E-state index in [9.17, 15) is 14.4 Å². The van der Waals surface area contributed by atoms with Gasteiger partial charge in [-0.25, -0.2) is 4.79 Å². The van der Waals surface area contributed by atoms with Gasteiger partial charge in [0.15, 0.2) is 6.04 Å². The van der Waals surface area contributed by atoms with Crippen LogP contribution in [0.2, 0.25) is 0 Å². The maximum Gasteiger partial charge on any atom is 0.330 e. The van der Waals surface area contributed by atoms with E-state index < -0.39 is 24.5 Å². The van der Waals surface area contributed by atoms with Gasteiger partial charge in [-0.2, -0.15) is 0 Å². The van der Waals surface area contributed by atoms with E-state index in [1.54, 1.807) is 0 Å². The molecule has 8 heteroatoms. The molecule has 0 radical (unpaired) electrons. The second-order valence-corrected chi connectivity index (χ2v) is 3.84. The normalized spacial score (nSPS) is 11.5. The highest BCUT2D eigenvalue weighted by Gasteiger charge is 2.20. The summed E-state index contributed by atoms with van der Waals surface area (Å²) in [4.78, 5) is 34.1. The van der Waals surface area contributed by atoms with Crippen molar-refractivity contribution in [2.75, 3.05) is 20.3 Å². The molecule has 1 heterocycles. The van der Waals surface area contributed by atoms with Gasteiger partial charge in [0.05, 0.1) is 25.5 Å². The number of rotatable bonds is 7. The molecule has 8 nitrogen and oxygen atoms in total. The maximum atomic E-state index is 11.5. The van der Waals surface area contributed by atoms with E-state index in [-0.39, 0.29) is 18.9 Å². The molecule has 0 saturated heterocycles. The van der Waals surface area contributed by atoms with Gasteiger partial charge in [0.2, 0.25) is 5.91 Å². The molecule has 0 bridgehead atoms. The summed E-state index contributed by atoms with van der Waals surface area (Å²) in [7, 11) is 1.16. The van der Waals surface area contributed by atoms with E-state index in [1.807, 2.05) is 0 Å². The number of amides is 2. The SMILES string of the molecule is COC(=O)C(CO)NC(=O)CCNC(=O)c1ccoc1. The van der Waals surface area contributed by atoms with Crippen molar-refractivity contribution in [3.8, 4) is 0 Å². The number of ether oxygens (including phenoxy) is 1. The van der Waals surface area contributed by atoms with Crippen molar-refractivity contribution < 1.29 is 28.6 Å². The van der Waals surface area contributed by atoms with Crippen molar-refractivity contribution in [3.05, 3.63) is 24.2 Å². The molecule has 20 heavy (non-hydrogen) atoms. The number of carbonyl (C=O) groups excluding carboxylic acids is 3. The average molecular weight is 284 g/mol. The van der Waals surface area contributed by atoms with Crippen LogP contribution in [0.4, 0.5) is 0 Å². The monoisotopic (exact) mass is 284 g/mol. The highest BCUT2D eigenvalue weighted by Crippen LogP contribution is 1.98. The van der Waals surface area contributed by atoms with Crippen molar-refractivity contribution in [2.24, 2.45) is 0 Å². The number of furan rings is 1. The molecule has 0 aliphatic carbocycles. The zero-order valence-electron chi connectivity index (χ0n) is 10.9. The largest absolute Gasteiger partial charge is 0.472 e. The Labute approximate surface area is 115 Å². The molecule has 1 aromatic heterocycles. The van der Waals surface area contributed by atoms with Crippen molar-refractivity contribution in [3.63, 3.8) is 0 Å². The molecule has 0 aromatic carbocycles. The van der Waals surface area contributed by atoms with Gasteiger partial charge < -0.3 is 24.9 Å². The lowest BCUT2D eigenvalue weighted by atomic mass is 10.3. The van der Waals surface area contributed by atoms with Crippen LogP contribution in [0.25, 0.3) is 0 Å². The Bertz CT molecular complexity index is 457. The van der Waals surface area contributed by atoms with Gasteiger partial charge >= 0.3 is 5.97 Å². The third kappa shape index (κ3) is 4.73. The van der Waals surface area contributed by atoms with E-state index in [0.717, 1.165) is 7.11 Å². The van der Waals surface area contributed by atoms with Crippen LogP contribution in [0.15, 0.2) is 23.0 Å². The predicted octanol–water partition coefficient (Wildman–Crippen LogP) is -0.950. The number of aliphatic hydroxyl groups excluding tert-OH is 1. The molecule has 110 valence electrons. The summed E-state index contributed by atoms with van der Waals surface area (Å²) in [5.41, 5.74) is 0.355. The first-order chi connectivity index (χ1) is 9.58. The summed E-state index contributed by atoms with van der Waals surface area (Å²) in [6.45, 7) is -0.463. The maximum absolute atomic E-state index is 11.5. The summed E-state index contributed by atoms with van der Waals surface area (Å²) in [6, 6.07) is 0.395. The zero-order chi connectivity index (χ0) is 15.0. The van der Waals surface area contributed by atoms with Crippen molar-refractivity contribution in [1.82, 2.24) is 10.6 Å². The Hall–Kier alpha value is -2.35. The molecular formula is C12H16N2O6. The first-order valence-corrected chi connectivity index (χ1v) is 5.87. The number of hydrogen-bond donors (Lipinski definition) is 3. The summed E-state index contributed by atoms with van der Waals surface area (Å²) in [5.74, 6) is -1.58. The third-order valence-electron chi connectivity index (χ3n) is 2.42. The summed E-state index contributed by atoms with van der Waals surface area (Å²) in [5, 5.41) is 13.7. The average Bonchev–Trinajstić information content (AvgIpc) is 2.98. The van der Waals surface area contributed by atoms with E-state index in [4.69, 9.17) is 9.52 Å². The highest BCUT2D eigenvalue weighted by atomic mass is 16.5. The van der Waals surface area contributed by atoms with Gasteiger partial charge in [-0.15, -0.1) is 0 Å². The molecule has 1 unspecified atom stereocenters. The van der Waals surface area contributed by atoms with Gasteiger partial charge in [-0.05, 0) is 6.07 Å². The van der Waals surface area contributed by atoms with Crippen LogP contribution in [0.1, 0.15) is 16.8 Å². The molecule has 1 rings (SSSR count). The van der Waals surface area contributed by atoms with E-state index in [2.05, 4.69) is 15.4 Å². The lowest BCUT2D eigenvalue weighted by Crippen LogP contribution is -2.44. The number of esters is 1. The zero-order valence-corrected chi connectivity index (χ0v) is 10.9. The quantitative estimate of drug-likeness (QED) is 0.556. The molecule has 0 fully saturated rings. The first kappa shape index (κ1) is 15.7. The Balaban J connectivity index is 2.29. The highest BCUT2D eigenvalue weighted by molar-refractivity contribution is 5.94. The molecule has 1 aromatic rings. The molecule has 3 N–H and O–H groups in total. The van der Waals surface area contributed by atoms with Crippen LogP contribution in [0, 0.1) is 0 Å². The second-order valence-electron chi connectivity index (χ2n) is 3.84. The van der Waals surface area contributed by atoms with Gasteiger partial charge in [-0.3, -0.25) is 9.59 Å². The Kier molecular flexibility index (Phi) is 6.24. The summed E-state index contributed by atoms with van der Waals surface area (Å²) < 4.78 is 9.15. The van der Waals surface area contributed by atoms with E-state index in [0.29, 0.717) is 5.56 Å². The van der Waals surface area contributed by atoms with Crippen molar-refractivity contribution in [1.29, 1.82) is 0 Å². The Morgan fingerprint density at radius 2 is 2.20 bits per heavy atom. The van der Waals surface area contributed by atoms with Crippen LogP contribution in [0.3, 0.4) is 0 Å². The minimum atomic E-state index is -1.10. The van der Waals surface area contributed by atoms with Gasteiger partial charge in [-0.1, -0.05) is 0 Å². The van der Waals surface area contributed by atoms with Crippen LogP contribution in [-0.4, -0.2) is 49.2 Å². The lowest BCUT2D eigenvalue weighted by Gasteiger charge is -2.13. The van der Waals surface area contributed by atoms with E-state index in [1.165, 1.54) is 18.6 Å². The Morgan fingerprint density at radius 3 is 2.75 bits per heavy atom. The number of nitrogens with one attached hydrogen (secondary N) is 2. The number of hydrogen-bond acceptors (Lipinski definition) is 6. The lowest BCUT2D eigenvalue weighted by molar-refractivity contribution is -0.146. The molecule has 1 atom stereocenters. The fraction of sp³-hybridized carbons (Fsp3) is 0.417. The minimum Gasteiger partial charge on any atom is -0.472 e. The topological polar surface area (TPSA) is 118 Å². The summed E-state index contributed by atoms with van der Waals surface area (Å²) >= 11 is 0. The van der Waals surface area contributed by atoms with Gasteiger partial charge in [0, 0.05) is 13.0 Å². The number of aliphatic hydroxyl groups is 1. The molecule has 0 aliphatic rings. The van der Waals surface area contributed by atoms with Crippen LogP contribution in [0.5, 0.6) is 0 Å². The molecular weight excluding hydrogens is 268 g/mol. The predicted molar refractivity (Wildman–Crippen MR) is 66.7 cm³/mol. The minimum absolute atomic E-state index is 0.0307. The second kappa shape index (κ2) is 7.95. The molecule has 0 saturated carbocycles. The molecule has 0 aliphatic heterocycles. The fourth-order valence-electron chi connectivity index (χ4n) is 1.37. The van der Waals surface area contributed by atoms with Gasteiger partial charge in [0.1, 0.15) is 6.26 Å². The van der Waals surface area contributed by atoms with Crippen LogP contribution >= 0.6 is 0 Å². The van der Waals surface area contributed by atoms with Crippen LogP contribution in [-0.2, 0) is 14.3 Å². The number of methoxy groups -OCH3 is 1. The third-order valence-corrected chi connectivity index (χ3v) is 2.42. The standard InChI is InChI=1S/C12H16N2O6/c1-19-12(18)9(6-15)14-10(16)2-4-13-11(17)8-3-5-20-7-8/h3,5,7,9,15H,2,4,6H2,1H3,(H,13,17)(H,14,16). The van der Waals surface area contributed by atoms with Crippen molar-refractivity contribution >= 4 is 17.8 Å². The number of carbonyl (C=O) groups is 3. The fourth-order valence-corrected chi connectivity index (χ4v) is 1.37. The van der Waals surface area contributed by atoms with Crippen LogP contribution < -0.4 is 10.6 Å². The molecule has 0 spiro atoms. The smallest absolute Gasteiger partial charge is 0.330 e. The Morgan fingerprint density at radius 1 is 1.45 bits per heavy atom. The first-order valence-electron chi connectivity index (χ1n) is 5.87. The summed E-state index contributed by atoms with van der Waals surface area (Å²) in [6.07, 6.45) is 2.62. The van der Waals surface area contributed by atoms with E-state index >= 15 is 0 Å².